The third kappa shape index (κ3) is 2.88. The number of hydrogen-bond donors (Lipinski definition) is 1. The summed E-state index contributed by atoms with van der Waals surface area (Å²) in [5, 5.41) is 9.78. The van der Waals surface area contributed by atoms with Crippen LogP contribution in [0.4, 0.5) is 0 Å². The predicted molar refractivity (Wildman–Crippen MR) is 56.6 cm³/mol. The van der Waals surface area contributed by atoms with Crippen molar-refractivity contribution in [3.8, 4) is 0 Å². The Morgan fingerprint density at radius 1 is 1.58 bits per heavy atom. The average Bonchev–Trinajstić information content (AvgIpc) is 2.35. The van der Waals surface area contributed by atoms with Gasteiger partial charge in [0.2, 0.25) is 0 Å². The molecule has 0 aliphatic heterocycles. The molecule has 0 spiro atoms. The first-order valence-corrected chi connectivity index (χ1v) is 5.61. The highest BCUT2D eigenvalue weighted by atomic mass is 79.9. The molecule has 0 saturated heterocycles. The molecule has 0 aromatic carbocycles. The molecular formula is C9H13BrOS. The van der Waals surface area contributed by atoms with Gasteiger partial charge in [0.25, 0.3) is 0 Å². The van der Waals surface area contributed by atoms with E-state index in [1.807, 2.05) is 19.9 Å². The lowest BCUT2D eigenvalue weighted by Gasteiger charge is -2.19. The summed E-state index contributed by atoms with van der Waals surface area (Å²) in [6, 6.07) is 4.07. The Hall–Kier alpha value is 0.140. The summed E-state index contributed by atoms with van der Waals surface area (Å²) < 4.78 is 1.13. The van der Waals surface area contributed by atoms with E-state index in [0.717, 1.165) is 16.6 Å². The second-order valence-corrected chi connectivity index (χ2v) is 5.78. The van der Waals surface area contributed by atoms with Crippen molar-refractivity contribution in [2.24, 2.45) is 0 Å². The molecule has 1 nitrogen and oxygen atoms in total. The van der Waals surface area contributed by atoms with Crippen LogP contribution in [0.25, 0.3) is 0 Å². The van der Waals surface area contributed by atoms with E-state index in [0.29, 0.717) is 0 Å². The topological polar surface area (TPSA) is 20.2 Å². The van der Waals surface area contributed by atoms with Gasteiger partial charge < -0.3 is 5.11 Å². The quantitative estimate of drug-likeness (QED) is 0.872. The zero-order chi connectivity index (χ0) is 9.19. The fourth-order valence-electron chi connectivity index (χ4n) is 0.947. The average molecular weight is 249 g/mol. The van der Waals surface area contributed by atoms with E-state index in [2.05, 4.69) is 22.0 Å². The highest BCUT2D eigenvalue weighted by Crippen LogP contribution is 2.26. The molecule has 0 aliphatic carbocycles. The van der Waals surface area contributed by atoms with E-state index in [4.69, 9.17) is 0 Å². The van der Waals surface area contributed by atoms with E-state index in [9.17, 15) is 5.11 Å². The molecule has 1 rings (SSSR count). The van der Waals surface area contributed by atoms with Gasteiger partial charge in [-0.15, -0.1) is 11.3 Å². The molecule has 1 heterocycles. The number of thiophene rings is 1. The van der Waals surface area contributed by atoms with Crippen molar-refractivity contribution in [1.29, 1.82) is 0 Å². The second kappa shape index (κ2) is 3.90. The van der Waals surface area contributed by atoms with Crippen molar-refractivity contribution in [3.05, 3.63) is 20.8 Å². The van der Waals surface area contributed by atoms with Crippen molar-refractivity contribution >= 4 is 27.3 Å². The van der Waals surface area contributed by atoms with Gasteiger partial charge in [0.1, 0.15) is 0 Å². The van der Waals surface area contributed by atoms with Crippen LogP contribution in [0.15, 0.2) is 15.9 Å². The number of hydrogen-bond acceptors (Lipinski definition) is 2. The van der Waals surface area contributed by atoms with Crippen LogP contribution < -0.4 is 0 Å². The van der Waals surface area contributed by atoms with Gasteiger partial charge in [-0.05, 0) is 41.4 Å². The minimum atomic E-state index is -0.551. The van der Waals surface area contributed by atoms with Gasteiger partial charge in [0, 0.05) is 11.3 Å². The minimum Gasteiger partial charge on any atom is -0.390 e. The van der Waals surface area contributed by atoms with E-state index in [1.165, 1.54) is 4.88 Å². The maximum atomic E-state index is 9.78. The van der Waals surface area contributed by atoms with Crippen molar-refractivity contribution in [1.82, 2.24) is 0 Å². The normalized spacial score (nSPS) is 16.0. The van der Waals surface area contributed by atoms with Crippen LogP contribution in [0.5, 0.6) is 0 Å². The third-order valence-electron chi connectivity index (χ3n) is 1.95. The summed E-state index contributed by atoms with van der Waals surface area (Å²) in [7, 11) is 0. The first-order valence-electron chi connectivity index (χ1n) is 4.00. The van der Waals surface area contributed by atoms with Gasteiger partial charge in [-0.1, -0.05) is 6.92 Å². The molecule has 1 unspecified atom stereocenters. The van der Waals surface area contributed by atoms with Crippen LogP contribution >= 0.6 is 27.3 Å². The van der Waals surface area contributed by atoms with Crippen molar-refractivity contribution < 1.29 is 5.11 Å². The lowest BCUT2D eigenvalue weighted by Crippen LogP contribution is -2.25. The van der Waals surface area contributed by atoms with Crippen LogP contribution in [-0.4, -0.2) is 10.7 Å². The summed E-state index contributed by atoms with van der Waals surface area (Å²) in [5.41, 5.74) is -0.551. The Labute approximate surface area is 85.6 Å². The van der Waals surface area contributed by atoms with E-state index < -0.39 is 5.60 Å². The molecule has 1 aromatic heterocycles. The molecule has 1 atom stereocenters. The van der Waals surface area contributed by atoms with Gasteiger partial charge in [-0.3, -0.25) is 0 Å². The van der Waals surface area contributed by atoms with Gasteiger partial charge in [0.15, 0.2) is 0 Å². The fraction of sp³-hybridized carbons (Fsp3) is 0.556. The zero-order valence-electron chi connectivity index (χ0n) is 7.30. The standard InChI is InChI=1S/C9H13BrOS/c1-3-9(2,11)6-7-4-5-8(10)12-7/h4-5,11H,3,6H2,1-2H3. The van der Waals surface area contributed by atoms with E-state index in [1.54, 1.807) is 11.3 Å². The maximum Gasteiger partial charge on any atom is 0.0701 e. The Morgan fingerprint density at radius 2 is 2.25 bits per heavy atom. The molecule has 0 bridgehead atoms. The van der Waals surface area contributed by atoms with Crippen LogP contribution in [0.1, 0.15) is 25.1 Å². The molecule has 0 saturated carbocycles. The van der Waals surface area contributed by atoms with Crippen LogP contribution in [-0.2, 0) is 6.42 Å². The molecule has 0 aliphatic rings. The SMILES string of the molecule is CCC(C)(O)Cc1ccc(Br)s1. The van der Waals surface area contributed by atoms with Gasteiger partial charge in [-0.25, -0.2) is 0 Å². The Kier molecular flexibility index (Phi) is 3.32. The summed E-state index contributed by atoms with van der Waals surface area (Å²) in [4.78, 5) is 1.23. The molecule has 0 fully saturated rings. The first-order chi connectivity index (χ1) is 5.53. The van der Waals surface area contributed by atoms with Gasteiger partial charge in [-0.2, -0.15) is 0 Å². The Bertz CT molecular complexity index is 255. The van der Waals surface area contributed by atoms with Gasteiger partial charge >= 0.3 is 0 Å². The maximum absolute atomic E-state index is 9.78. The molecule has 3 heteroatoms. The van der Waals surface area contributed by atoms with Crippen LogP contribution in [0.3, 0.4) is 0 Å². The smallest absolute Gasteiger partial charge is 0.0701 e. The predicted octanol–water partition coefficient (Wildman–Crippen LogP) is 3.21. The first kappa shape index (κ1) is 10.2. The molecule has 0 radical (unpaired) electrons. The van der Waals surface area contributed by atoms with Crippen molar-refractivity contribution in [2.45, 2.75) is 32.3 Å². The summed E-state index contributed by atoms with van der Waals surface area (Å²) in [5.74, 6) is 0. The fourth-order valence-corrected chi connectivity index (χ4v) is 2.61. The van der Waals surface area contributed by atoms with Crippen LogP contribution in [0.2, 0.25) is 0 Å². The third-order valence-corrected chi connectivity index (χ3v) is 3.57. The van der Waals surface area contributed by atoms with Gasteiger partial charge in [0.05, 0.1) is 9.39 Å². The highest BCUT2D eigenvalue weighted by Gasteiger charge is 2.18. The molecule has 0 amide bonds. The van der Waals surface area contributed by atoms with Crippen molar-refractivity contribution in [3.63, 3.8) is 0 Å². The lowest BCUT2D eigenvalue weighted by atomic mass is 9.99. The van der Waals surface area contributed by atoms with E-state index >= 15 is 0 Å². The largest absolute Gasteiger partial charge is 0.390 e. The molecule has 68 valence electrons. The summed E-state index contributed by atoms with van der Waals surface area (Å²) in [6.07, 6.45) is 1.54. The number of rotatable bonds is 3. The molecule has 1 aromatic rings. The lowest BCUT2D eigenvalue weighted by molar-refractivity contribution is 0.0573. The molecule has 12 heavy (non-hydrogen) atoms. The molecular weight excluding hydrogens is 236 g/mol. The highest BCUT2D eigenvalue weighted by molar-refractivity contribution is 9.11. The molecule has 1 N–H and O–H groups in total. The van der Waals surface area contributed by atoms with Crippen LogP contribution in [0, 0.1) is 0 Å². The summed E-state index contributed by atoms with van der Waals surface area (Å²) in [6.45, 7) is 3.88. The Morgan fingerprint density at radius 3 is 2.67 bits per heavy atom. The van der Waals surface area contributed by atoms with E-state index in [-0.39, 0.29) is 0 Å². The number of halogens is 1. The van der Waals surface area contributed by atoms with Crippen molar-refractivity contribution in [2.75, 3.05) is 0 Å². The number of aliphatic hydroxyl groups is 1. The summed E-state index contributed by atoms with van der Waals surface area (Å²) >= 11 is 5.09. The minimum absolute atomic E-state index is 0.551. The zero-order valence-corrected chi connectivity index (χ0v) is 9.70. The second-order valence-electron chi connectivity index (χ2n) is 3.23. The Balaban J connectivity index is 2.63. The monoisotopic (exact) mass is 248 g/mol.